The third kappa shape index (κ3) is 6.57. The fourth-order valence-corrected chi connectivity index (χ4v) is 3.04. The first-order valence-electron chi connectivity index (χ1n) is 10.2. The van der Waals surface area contributed by atoms with Crippen LogP contribution in [0, 0.1) is 6.92 Å². The van der Waals surface area contributed by atoms with E-state index in [1.54, 1.807) is 43.5 Å². The van der Waals surface area contributed by atoms with E-state index in [1.165, 1.54) is 6.08 Å². The minimum absolute atomic E-state index is 0.0880. The number of amides is 2. The summed E-state index contributed by atoms with van der Waals surface area (Å²) >= 11 is 5.94. The Bertz CT molecular complexity index is 1090. The van der Waals surface area contributed by atoms with E-state index < -0.39 is 5.91 Å². The fourth-order valence-electron chi connectivity index (χ4n) is 2.91. The molecule has 3 rings (SSSR count). The van der Waals surface area contributed by atoms with Crippen molar-refractivity contribution in [2.45, 2.75) is 13.3 Å². The summed E-state index contributed by atoms with van der Waals surface area (Å²) < 4.78 is 10.9. The summed E-state index contributed by atoms with van der Waals surface area (Å²) in [5.74, 6) is 0.262. The molecule has 0 aliphatic heterocycles. The van der Waals surface area contributed by atoms with Crippen molar-refractivity contribution in [2.75, 3.05) is 20.3 Å². The molecule has 0 saturated carbocycles. The molecule has 0 unspecified atom stereocenters. The van der Waals surface area contributed by atoms with Crippen LogP contribution in [-0.2, 0) is 9.53 Å². The highest BCUT2D eigenvalue weighted by Gasteiger charge is 2.15. The summed E-state index contributed by atoms with van der Waals surface area (Å²) in [6.07, 6.45) is 2.17. The first-order valence-corrected chi connectivity index (χ1v) is 10.6. The van der Waals surface area contributed by atoms with Gasteiger partial charge in [-0.25, -0.2) is 0 Å². The number of carbonyl (C=O) groups excluding carboxylic acids is 2. The average molecular weight is 453 g/mol. The van der Waals surface area contributed by atoms with Crippen molar-refractivity contribution in [1.82, 2.24) is 10.6 Å². The fraction of sp³-hybridized carbons (Fsp3) is 0.200. The monoisotopic (exact) mass is 452 g/mol. The van der Waals surface area contributed by atoms with Crippen LogP contribution in [0.25, 0.3) is 17.4 Å². The van der Waals surface area contributed by atoms with E-state index in [0.717, 1.165) is 11.1 Å². The van der Waals surface area contributed by atoms with Crippen molar-refractivity contribution in [1.29, 1.82) is 0 Å². The van der Waals surface area contributed by atoms with Crippen LogP contribution < -0.4 is 10.6 Å². The molecule has 1 heterocycles. The minimum Gasteiger partial charge on any atom is -0.457 e. The Kier molecular flexibility index (Phi) is 8.25. The lowest BCUT2D eigenvalue weighted by Crippen LogP contribution is -2.35. The Balaban J connectivity index is 1.81. The maximum Gasteiger partial charge on any atom is 0.267 e. The second-order valence-electron chi connectivity index (χ2n) is 7.19. The van der Waals surface area contributed by atoms with E-state index in [0.29, 0.717) is 41.7 Å². The zero-order valence-corrected chi connectivity index (χ0v) is 18.7. The van der Waals surface area contributed by atoms with Crippen LogP contribution in [0.2, 0.25) is 5.02 Å². The third-order valence-electron chi connectivity index (χ3n) is 4.66. The van der Waals surface area contributed by atoms with Gasteiger partial charge in [0.25, 0.3) is 11.8 Å². The Labute approximate surface area is 192 Å². The van der Waals surface area contributed by atoms with E-state index in [2.05, 4.69) is 10.6 Å². The van der Waals surface area contributed by atoms with Crippen LogP contribution >= 0.6 is 11.6 Å². The van der Waals surface area contributed by atoms with E-state index >= 15 is 0 Å². The van der Waals surface area contributed by atoms with Crippen molar-refractivity contribution in [3.8, 4) is 11.3 Å². The number of benzene rings is 2. The summed E-state index contributed by atoms with van der Waals surface area (Å²) in [7, 11) is 1.60. The maximum atomic E-state index is 12.8. The molecule has 2 N–H and O–H groups in total. The predicted molar refractivity (Wildman–Crippen MR) is 125 cm³/mol. The SMILES string of the molecule is COCCCNC(=O)C(=Cc1ccc(-c2ccc(Cl)cc2)o1)NC(=O)c1ccc(C)cc1. The zero-order chi connectivity index (χ0) is 22.9. The van der Waals surface area contributed by atoms with Gasteiger partial charge in [0.2, 0.25) is 0 Å². The lowest BCUT2D eigenvalue weighted by atomic mass is 10.1. The normalized spacial score (nSPS) is 11.3. The van der Waals surface area contributed by atoms with E-state index in [9.17, 15) is 9.59 Å². The number of ether oxygens (including phenoxy) is 1. The highest BCUT2D eigenvalue weighted by atomic mass is 35.5. The Morgan fingerprint density at radius 2 is 1.75 bits per heavy atom. The van der Waals surface area contributed by atoms with Gasteiger partial charge in [-0.1, -0.05) is 29.3 Å². The second-order valence-corrected chi connectivity index (χ2v) is 7.63. The van der Waals surface area contributed by atoms with Gasteiger partial charge in [0.05, 0.1) is 0 Å². The standard InChI is InChI=1S/C25H25ClN2O4/c1-17-4-6-19(7-5-17)24(29)28-22(25(30)27-14-3-15-31-2)16-21-12-13-23(32-21)18-8-10-20(26)11-9-18/h4-13,16H,3,14-15H2,1-2H3,(H,27,30)(H,28,29). The van der Waals surface area contributed by atoms with E-state index in [1.807, 2.05) is 31.2 Å². The Morgan fingerprint density at radius 3 is 2.44 bits per heavy atom. The molecule has 0 bridgehead atoms. The predicted octanol–water partition coefficient (Wildman–Crippen LogP) is 4.83. The van der Waals surface area contributed by atoms with Crippen LogP contribution in [0.4, 0.5) is 0 Å². The smallest absolute Gasteiger partial charge is 0.267 e. The quantitative estimate of drug-likeness (QED) is 0.360. The van der Waals surface area contributed by atoms with Gasteiger partial charge in [0.1, 0.15) is 17.2 Å². The molecule has 7 heteroatoms. The number of methoxy groups -OCH3 is 1. The summed E-state index contributed by atoms with van der Waals surface area (Å²) in [5, 5.41) is 6.12. The van der Waals surface area contributed by atoms with Gasteiger partial charge in [0, 0.05) is 42.5 Å². The molecule has 0 spiro atoms. The molecule has 166 valence electrons. The molecule has 0 saturated heterocycles. The topological polar surface area (TPSA) is 80.6 Å². The minimum atomic E-state index is -0.411. The Morgan fingerprint density at radius 1 is 1.03 bits per heavy atom. The lowest BCUT2D eigenvalue weighted by Gasteiger charge is -2.11. The average Bonchev–Trinajstić information content (AvgIpc) is 3.25. The van der Waals surface area contributed by atoms with Gasteiger partial charge in [-0.3, -0.25) is 9.59 Å². The molecule has 0 atom stereocenters. The highest BCUT2D eigenvalue weighted by Crippen LogP contribution is 2.24. The van der Waals surface area contributed by atoms with Crippen molar-refractivity contribution in [3.05, 3.63) is 88.3 Å². The van der Waals surface area contributed by atoms with Crippen molar-refractivity contribution in [2.24, 2.45) is 0 Å². The maximum absolute atomic E-state index is 12.8. The van der Waals surface area contributed by atoms with Gasteiger partial charge < -0.3 is 19.8 Å². The van der Waals surface area contributed by atoms with Crippen molar-refractivity contribution >= 4 is 29.5 Å². The molecule has 2 aromatic carbocycles. The molecule has 32 heavy (non-hydrogen) atoms. The molecule has 0 fully saturated rings. The number of aryl methyl sites for hydroxylation is 1. The van der Waals surface area contributed by atoms with Crippen LogP contribution in [0.1, 0.15) is 28.1 Å². The number of nitrogens with one attached hydrogen (secondary N) is 2. The number of halogens is 1. The Hall–Kier alpha value is -3.35. The number of hydrogen-bond acceptors (Lipinski definition) is 4. The first-order chi connectivity index (χ1) is 15.5. The lowest BCUT2D eigenvalue weighted by molar-refractivity contribution is -0.117. The summed E-state index contributed by atoms with van der Waals surface area (Å²) in [6, 6.07) is 17.9. The summed E-state index contributed by atoms with van der Waals surface area (Å²) in [5.41, 5.74) is 2.43. The highest BCUT2D eigenvalue weighted by molar-refractivity contribution is 6.30. The van der Waals surface area contributed by atoms with E-state index in [4.69, 9.17) is 20.8 Å². The van der Waals surface area contributed by atoms with Crippen molar-refractivity contribution < 1.29 is 18.7 Å². The van der Waals surface area contributed by atoms with Gasteiger partial charge in [-0.15, -0.1) is 0 Å². The molecule has 0 aliphatic rings. The van der Waals surface area contributed by atoms with Gasteiger partial charge in [-0.05, 0) is 61.9 Å². The van der Waals surface area contributed by atoms with Gasteiger partial charge in [0.15, 0.2) is 0 Å². The number of furan rings is 1. The number of hydrogen-bond donors (Lipinski definition) is 2. The largest absolute Gasteiger partial charge is 0.457 e. The molecule has 2 amide bonds. The summed E-state index contributed by atoms with van der Waals surface area (Å²) in [6.45, 7) is 2.88. The molecular formula is C25H25ClN2O4. The first kappa shape index (κ1) is 23.3. The molecular weight excluding hydrogens is 428 g/mol. The van der Waals surface area contributed by atoms with Crippen LogP contribution in [0.3, 0.4) is 0 Å². The molecule has 6 nitrogen and oxygen atoms in total. The number of rotatable bonds is 9. The second kappa shape index (κ2) is 11.3. The number of carbonyl (C=O) groups is 2. The van der Waals surface area contributed by atoms with E-state index in [-0.39, 0.29) is 11.6 Å². The van der Waals surface area contributed by atoms with Crippen molar-refractivity contribution in [3.63, 3.8) is 0 Å². The molecule has 1 aromatic heterocycles. The molecule has 0 radical (unpaired) electrons. The van der Waals surface area contributed by atoms with Gasteiger partial charge in [-0.2, -0.15) is 0 Å². The van der Waals surface area contributed by atoms with Crippen LogP contribution in [0.15, 0.2) is 70.8 Å². The third-order valence-corrected chi connectivity index (χ3v) is 4.91. The molecule has 0 aliphatic carbocycles. The zero-order valence-electron chi connectivity index (χ0n) is 18.0. The van der Waals surface area contributed by atoms with Crippen LogP contribution in [0.5, 0.6) is 0 Å². The molecule has 3 aromatic rings. The van der Waals surface area contributed by atoms with Crippen LogP contribution in [-0.4, -0.2) is 32.1 Å². The summed E-state index contributed by atoms with van der Waals surface area (Å²) in [4.78, 5) is 25.5. The van der Waals surface area contributed by atoms with Gasteiger partial charge >= 0.3 is 0 Å².